The van der Waals surface area contributed by atoms with Gasteiger partial charge in [-0.05, 0) is 25.5 Å². The highest BCUT2D eigenvalue weighted by Gasteiger charge is 2.12. The summed E-state index contributed by atoms with van der Waals surface area (Å²) in [4.78, 5) is 16.2. The van der Waals surface area contributed by atoms with Crippen molar-refractivity contribution in [1.82, 2.24) is 4.98 Å². The first kappa shape index (κ1) is 13.8. The van der Waals surface area contributed by atoms with Gasteiger partial charge in [-0.3, -0.25) is 4.98 Å². The van der Waals surface area contributed by atoms with Gasteiger partial charge in [0.2, 0.25) is 0 Å². The van der Waals surface area contributed by atoms with Crippen molar-refractivity contribution in [3.63, 3.8) is 0 Å². The Morgan fingerprint density at radius 3 is 2.84 bits per heavy atom. The molecular weight excluding hydrogens is 286 g/mol. The van der Waals surface area contributed by atoms with Gasteiger partial charge in [0.1, 0.15) is 17.2 Å². The molecule has 0 fully saturated rings. The van der Waals surface area contributed by atoms with Crippen LogP contribution in [0, 0.1) is 13.8 Å². The average molecular weight is 298 g/mol. The number of carboxylic acid groups (broad SMARTS) is 1. The average Bonchev–Trinajstić information content (AvgIpc) is 2.72. The molecule has 0 saturated carbocycles. The van der Waals surface area contributed by atoms with Gasteiger partial charge in [-0.2, -0.15) is 0 Å². The lowest BCUT2D eigenvalue weighted by Crippen LogP contribution is -1.96. The first-order chi connectivity index (χ1) is 8.97. The maximum atomic E-state index is 11.0. The number of thiophene rings is 1. The predicted molar refractivity (Wildman–Crippen MR) is 74.3 cm³/mol. The van der Waals surface area contributed by atoms with E-state index in [9.17, 15) is 4.79 Å². The van der Waals surface area contributed by atoms with Gasteiger partial charge in [0.15, 0.2) is 0 Å². The number of nitrogens with zero attached hydrogens (tertiary/aromatic N) is 1. The molecule has 6 heteroatoms. The highest BCUT2D eigenvalue weighted by molar-refractivity contribution is 7.14. The van der Waals surface area contributed by atoms with E-state index in [2.05, 4.69) is 4.98 Å². The molecule has 0 aliphatic heterocycles. The second-order valence-corrected chi connectivity index (χ2v) is 5.63. The number of rotatable bonds is 4. The van der Waals surface area contributed by atoms with Gasteiger partial charge in [-0.25, -0.2) is 4.79 Å². The van der Waals surface area contributed by atoms with Gasteiger partial charge in [0, 0.05) is 17.1 Å². The second kappa shape index (κ2) is 5.59. The fourth-order valence-corrected chi connectivity index (χ4v) is 2.69. The van der Waals surface area contributed by atoms with Crippen molar-refractivity contribution in [1.29, 1.82) is 0 Å². The molecule has 0 aromatic carbocycles. The number of ether oxygens (including phenoxy) is 1. The molecule has 4 nitrogen and oxygen atoms in total. The SMILES string of the molecule is Cc1cc(COc2cc(Cl)cnc2C)sc1C(=O)O. The van der Waals surface area contributed by atoms with Crippen molar-refractivity contribution in [2.75, 3.05) is 0 Å². The number of carbonyl (C=O) groups is 1. The monoisotopic (exact) mass is 297 g/mol. The van der Waals surface area contributed by atoms with Gasteiger partial charge in [-0.15, -0.1) is 11.3 Å². The van der Waals surface area contributed by atoms with Crippen LogP contribution in [0.1, 0.15) is 25.8 Å². The first-order valence-corrected chi connectivity index (χ1v) is 6.74. The Morgan fingerprint density at radius 2 is 2.21 bits per heavy atom. The summed E-state index contributed by atoms with van der Waals surface area (Å²) in [5.74, 6) is -0.301. The van der Waals surface area contributed by atoms with Crippen LogP contribution < -0.4 is 4.74 Å². The van der Waals surface area contributed by atoms with Gasteiger partial charge in [-0.1, -0.05) is 11.6 Å². The van der Waals surface area contributed by atoms with Crippen LogP contribution in [-0.2, 0) is 6.61 Å². The van der Waals surface area contributed by atoms with Crippen molar-refractivity contribution in [3.8, 4) is 5.75 Å². The summed E-state index contributed by atoms with van der Waals surface area (Å²) >= 11 is 7.07. The topological polar surface area (TPSA) is 59.4 Å². The Morgan fingerprint density at radius 1 is 1.47 bits per heavy atom. The van der Waals surface area contributed by atoms with Crippen molar-refractivity contribution in [2.24, 2.45) is 0 Å². The van der Waals surface area contributed by atoms with Crippen molar-refractivity contribution in [3.05, 3.63) is 44.4 Å². The summed E-state index contributed by atoms with van der Waals surface area (Å²) in [6.45, 7) is 3.91. The molecule has 0 radical (unpaired) electrons. The molecular formula is C13H12ClNO3S. The smallest absolute Gasteiger partial charge is 0.346 e. The van der Waals surface area contributed by atoms with E-state index in [1.807, 2.05) is 13.0 Å². The molecule has 2 aromatic heterocycles. The summed E-state index contributed by atoms with van der Waals surface area (Å²) in [5, 5.41) is 9.50. The summed E-state index contributed by atoms with van der Waals surface area (Å²) in [6.07, 6.45) is 1.56. The van der Waals surface area contributed by atoms with Crippen LogP contribution in [0.4, 0.5) is 0 Å². The fraction of sp³-hybridized carbons (Fsp3) is 0.231. The normalized spacial score (nSPS) is 10.5. The van der Waals surface area contributed by atoms with Gasteiger partial charge in [0.25, 0.3) is 0 Å². The quantitative estimate of drug-likeness (QED) is 0.935. The summed E-state index contributed by atoms with van der Waals surface area (Å²) < 4.78 is 5.62. The van der Waals surface area contributed by atoms with E-state index in [4.69, 9.17) is 21.4 Å². The molecule has 0 unspecified atom stereocenters. The lowest BCUT2D eigenvalue weighted by Gasteiger charge is -2.07. The van der Waals surface area contributed by atoms with E-state index in [1.54, 1.807) is 19.2 Å². The summed E-state index contributed by atoms with van der Waals surface area (Å²) in [7, 11) is 0. The van der Waals surface area contributed by atoms with Gasteiger partial charge < -0.3 is 9.84 Å². The minimum Gasteiger partial charge on any atom is -0.486 e. The zero-order valence-corrected chi connectivity index (χ0v) is 12.0. The molecule has 2 aromatic rings. The lowest BCUT2D eigenvalue weighted by molar-refractivity contribution is 0.0701. The number of pyridine rings is 1. The molecule has 2 heterocycles. The molecule has 0 amide bonds. The van der Waals surface area contributed by atoms with Crippen molar-refractivity contribution < 1.29 is 14.6 Å². The predicted octanol–water partition coefficient (Wildman–Crippen LogP) is 3.69. The number of halogens is 1. The molecule has 100 valence electrons. The number of carboxylic acids is 1. The van der Waals surface area contributed by atoms with E-state index < -0.39 is 5.97 Å². The van der Waals surface area contributed by atoms with Crippen LogP contribution in [0.2, 0.25) is 5.02 Å². The fourth-order valence-electron chi connectivity index (χ4n) is 1.62. The number of hydrogen-bond acceptors (Lipinski definition) is 4. The second-order valence-electron chi connectivity index (χ2n) is 4.06. The van der Waals surface area contributed by atoms with E-state index in [-0.39, 0.29) is 0 Å². The standard InChI is InChI=1S/C13H12ClNO3S/c1-7-3-10(19-12(7)13(16)17)6-18-11-4-9(14)5-15-8(11)2/h3-5H,6H2,1-2H3,(H,16,17). The zero-order valence-electron chi connectivity index (χ0n) is 10.4. The maximum absolute atomic E-state index is 11.0. The third-order valence-corrected chi connectivity index (χ3v) is 3.95. The third kappa shape index (κ3) is 3.24. The van der Waals surface area contributed by atoms with E-state index in [0.29, 0.717) is 22.3 Å². The highest BCUT2D eigenvalue weighted by atomic mass is 35.5. The van der Waals surface area contributed by atoms with E-state index >= 15 is 0 Å². The molecule has 19 heavy (non-hydrogen) atoms. The zero-order chi connectivity index (χ0) is 14.0. The van der Waals surface area contributed by atoms with Crippen LogP contribution in [0.25, 0.3) is 0 Å². The van der Waals surface area contributed by atoms with Crippen LogP contribution in [0.15, 0.2) is 18.3 Å². The maximum Gasteiger partial charge on any atom is 0.346 e. The molecule has 1 N–H and O–H groups in total. The van der Waals surface area contributed by atoms with Crippen LogP contribution >= 0.6 is 22.9 Å². The molecule has 0 bridgehead atoms. The molecule has 2 rings (SSSR count). The Bertz CT molecular complexity index is 624. The number of aryl methyl sites for hydroxylation is 2. The summed E-state index contributed by atoms with van der Waals surface area (Å²) in [6, 6.07) is 3.52. The summed E-state index contributed by atoms with van der Waals surface area (Å²) in [5.41, 5.74) is 1.49. The van der Waals surface area contributed by atoms with Crippen LogP contribution in [-0.4, -0.2) is 16.1 Å². The molecule has 0 atom stereocenters. The molecule has 0 saturated heterocycles. The highest BCUT2D eigenvalue weighted by Crippen LogP contribution is 2.25. The Labute approximate surface area is 119 Å². The number of hydrogen-bond donors (Lipinski definition) is 1. The first-order valence-electron chi connectivity index (χ1n) is 5.55. The number of aromatic nitrogens is 1. The lowest BCUT2D eigenvalue weighted by atomic mass is 10.3. The molecule has 0 spiro atoms. The Balaban J connectivity index is 2.12. The third-order valence-electron chi connectivity index (χ3n) is 2.54. The minimum atomic E-state index is -0.908. The van der Waals surface area contributed by atoms with Crippen molar-refractivity contribution >= 4 is 28.9 Å². The van der Waals surface area contributed by atoms with Gasteiger partial charge in [0.05, 0.1) is 10.7 Å². The number of aromatic carboxylic acids is 1. The largest absolute Gasteiger partial charge is 0.486 e. The molecule has 0 aliphatic carbocycles. The van der Waals surface area contributed by atoms with E-state index in [0.717, 1.165) is 16.1 Å². The minimum absolute atomic E-state index is 0.307. The van der Waals surface area contributed by atoms with Gasteiger partial charge >= 0.3 is 5.97 Å². The Hall–Kier alpha value is -1.59. The van der Waals surface area contributed by atoms with Crippen molar-refractivity contribution in [2.45, 2.75) is 20.5 Å². The van der Waals surface area contributed by atoms with E-state index in [1.165, 1.54) is 11.3 Å². The van der Waals surface area contributed by atoms with Crippen LogP contribution in [0.3, 0.4) is 0 Å². The van der Waals surface area contributed by atoms with Crippen LogP contribution in [0.5, 0.6) is 5.75 Å². The Kier molecular flexibility index (Phi) is 4.07. The molecule has 0 aliphatic rings.